The van der Waals surface area contributed by atoms with Gasteiger partial charge >= 0.3 is 5.97 Å². The molecule has 1 aromatic carbocycles. The van der Waals surface area contributed by atoms with Crippen molar-refractivity contribution in [1.29, 1.82) is 0 Å². The predicted octanol–water partition coefficient (Wildman–Crippen LogP) is 0.377. The van der Waals surface area contributed by atoms with E-state index in [2.05, 4.69) is 0 Å². The van der Waals surface area contributed by atoms with Crippen molar-refractivity contribution in [3.8, 4) is 5.75 Å². The summed E-state index contributed by atoms with van der Waals surface area (Å²) in [4.78, 5) is 24.3. The Hall–Kier alpha value is -2.08. The fraction of sp³-hybridized carbons (Fsp3) is 0.385. The van der Waals surface area contributed by atoms with Crippen molar-refractivity contribution in [2.45, 2.75) is 6.04 Å². The van der Waals surface area contributed by atoms with E-state index in [4.69, 9.17) is 14.6 Å². The van der Waals surface area contributed by atoms with Crippen LogP contribution in [-0.4, -0.2) is 54.3 Å². The van der Waals surface area contributed by atoms with Gasteiger partial charge in [-0.2, -0.15) is 0 Å². The van der Waals surface area contributed by atoms with Gasteiger partial charge < -0.3 is 19.5 Å². The van der Waals surface area contributed by atoms with E-state index >= 15 is 0 Å². The van der Waals surface area contributed by atoms with Crippen molar-refractivity contribution < 1.29 is 24.2 Å². The first-order valence-corrected chi connectivity index (χ1v) is 5.96. The number of benzene rings is 1. The molecule has 19 heavy (non-hydrogen) atoms. The molecule has 1 aromatic rings. The number of aliphatic carboxylic acids is 1. The maximum atomic E-state index is 12.0. The van der Waals surface area contributed by atoms with E-state index < -0.39 is 12.0 Å². The molecule has 6 nitrogen and oxygen atoms in total. The maximum Gasteiger partial charge on any atom is 0.328 e. The van der Waals surface area contributed by atoms with Crippen LogP contribution in [0.15, 0.2) is 30.3 Å². The molecule has 0 bridgehead atoms. The molecule has 0 aromatic heterocycles. The zero-order chi connectivity index (χ0) is 13.7. The standard InChI is InChI=1S/C13H15NO5/c15-12(9-19-10-4-2-1-3-5-10)14-6-7-18-8-11(14)13(16)17/h1-5,11H,6-9H2,(H,16,17)/t11-/m1/s1. The van der Waals surface area contributed by atoms with Gasteiger partial charge in [-0.3, -0.25) is 4.79 Å². The Labute approximate surface area is 110 Å². The van der Waals surface area contributed by atoms with Gasteiger partial charge in [0.1, 0.15) is 5.75 Å². The minimum absolute atomic E-state index is 0.0202. The van der Waals surface area contributed by atoms with Crippen LogP contribution in [0, 0.1) is 0 Å². The van der Waals surface area contributed by atoms with Gasteiger partial charge in [-0.25, -0.2) is 4.79 Å². The van der Waals surface area contributed by atoms with E-state index in [-0.39, 0.29) is 25.7 Å². The molecule has 0 unspecified atom stereocenters. The van der Waals surface area contributed by atoms with Crippen LogP contribution in [0.2, 0.25) is 0 Å². The molecule has 0 saturated carbocycles. The molecule has 1 fully saturated rings. The van der Waals surface area contributed by atoms with Gasteiger partial charge in [0, 0.05) is 6.54 Å². The number of carboxylic acid groups (broad SMARTS) is 1. The lowest BCUT2D eigenvalue weighted by Crippen LogP contribution is -2.53. The lowest BCUT2D eigenvalue weighted by molar-refractivity contribution is -0.159. The molecule has 102 valence electrons. The number of para-hydroxylation sites is 1. The Morgan fingerprint density at radius 1 is 1.37 bits per heavy atom. The van der Waals surface area contributed by atoms with Crippen molar-refractivity contribution in [2.75, 3.05) is 26.4 Å². The summed E-state index contributed by atoms with van der Waals surface area (Å²) in [7, 11) is 0. The molecule has 6 heteroatoms. The summed E-state index contributed by atoms with van der Waals surface area (Å²) in [5, 5.41) is 9.03. The predicted molar refractivity (Wildman–Crippen MR) is 65.9 cm³/mol. The SMILES string of the molecule is O=C(O)[C@H]1COCCN1C(=O)COc1ccccc1. The molecule has 0 spiro atoms. The molecule has 1 atom stereocenters. The van der Waals surface area contributed by atoms with Gasteiger partial charge in [0.2, 0.25) is 0 Å². The summed E-state index contributed by atoms with van der Waals surface area (Å²) in [6.45, 7) is 0.467. The fourth-order valence-corrected chi connectivity index (χ4v) is 1.85. The number of carbonyl (C=O) groups is 2. The Balaban J connectivity index is 1.93. The number of carbonyl (C=O) groups excluding carboxylic acids is 1. The van der Waals surface area contributed by atoms with Crippen molar-refractivity contribution in [3.05, 3.63) is 30.3 Å². The molecule has 1 saturated heterocycles. The second-order valence-electron chi connectivity index (χ2n) is 4.12. The Morgan fingerprint density at radius 2 is 2.11 bits per heavy atom. The van der Waals surface area contributed by atoms with Gasteiger partial charge in [-0.05, 0) is 12.1 Å². The summed E-state index contributed by atoms with van der Waals surface area (Å²) in [5.41, 5.74) is 0. The molecule has 0 aliphatic carbocycles. The number of amides is 1. The van der Waals surface area contributed by atoms with E-state index in [9.17, 15) is 9.59 Å². The van der Waals surface area contributed by atoms with Crippen molar-refractivity contribution in [2.24, 2.45) is 0 Å². The number of nitrogens with zero attached hydrogens (tertiary/aromatic N) is 1. The number of ether oxygens (including phenoxy) is 2. The minimum atomic E-state index is -1.06. The molecule has 1 heterocycles. The second kappa shape index (κ2) is 6.19. The van der Waals surface area contributed by atoms with Crippen LogP contribution in [0.25, 0.3) is 0 Å². The number of rotatable bonds is 4. The van der Waals surface area contributed by atoms with Crippen LogP contribution in [0.5, 0.6) is 5.75 Å². The molecule has 1 amide bonds. The topological polar surface area (TPSA) is 76.1 Å². The highest BCUT2D eigenvalue weighted by atomic mass is 16.5. The summed E-state index contributed by atoms with van der Waals surface area (Å²) in [5.74, 6) is -0.830. The van der Waals surface area contributed by atoms with Gasteiger partial charge in [0.25, 0.3) is 5.91 Å². The van der Waals surface area contributed by atoms with Gasteiger partial charge in [-0.15, -0.1) is 0 Å². The largest absolute Gasteiger partial charge is 0.484 e. The van der Waals surface area contributed by atoms with Crippen LogP contribution < -0.4 is 4.74 Å². The summed E-state index contributed by atoms with van der Waals surface area (Å²) < 4.78 is 10.4. The quantitative estimate of drug-likeness (QED) is 0.851. The average Bonchev–Trinajstić information content (AvgIpc) is 2.46. The van der Waals surface area contributed by atoms with E-state index in [1.165, 1.54) is 4.90 Å². The maximum absolute atomic E-state index is 12.0. The molecule has 0 radical (unpaired) electrons. The molecule has 1 aliphatic rings. The summed E-state index contributed by atoms with van der Waals surface area (Å²) in [6.07, 6.45) is 0. The fourth-order valence-electron chi connectivity index (χ4n) is 1.85. The third-order valence-corrected chi connectivity index (χ3v) is 2.84. The second-order valence-corrected chi connectivity index (χ2v) is 4.12. The van der Waals surface area contributed by atoms with Crippen LogP contribution in [-0.2, 0) is 14.3 Å². The van der Waals surface area contributed by atoms with Crippen molar-refractivity contribution in [3.63, 3.8) is 0 Å². The minimum Gasteiger partial charge on any atom is -0.484 e. The molecular formula is C13H15NO5. The highest BCUT2D eigenvalue weighted by Crippen LogP contribution is 2.11. The normalized spacial score (nSPS) is 18.9. The van der Waals surface area contributed by atoms with Crippen LogP contribution in [0.4, 0.5) is 0 Å². The summed E-state index contributed by atoms with van der Waals surface area (Å²) >= 11 is 0. The zero-order valence-corrected chi connectivity index (χ0v) is 10.3. The van der Waals surface area contributed by atoms with Crippen molar-refractivity contribution >= 4 is 11.9 Å². The Kier molecular flexibility index (Phi) is 4.35. The Bertz CT molecular complexity index is 448. The zero-order valence-electron chi connectivity index (χ0n) is 10.3. The molecular weight excluding hydrogens is 250 g/mol. The first-order chi connectivity index (χ1) is 9.18. The molecule has 2 rings (SSSR count). The lowest BCUT2D eigenvalue weighted by Gasteiger charge is -2.32. The number of hydrogen-bond acceptors (Lipinski definition) is 4. The number of morpholine rings is 1. The van der Waals surface area contributed by atoms with Gasteiger partial charge in [-0.1, -0.05) is 18.2 Å². The van der Waals surface area contributed by atoms with Crippen LogP contribution >= 0.6 is 0 Å². The van der Waals surface area contributed by atoms with E-state index in [1.807, 2.05) is 6.07 Å². The number of hydrogen-bond donors (Lipinski definition) is 1. The first kappa shape index (κ1) is 13.4. The van der Waals surface area contributed by atoms with Gasteiger partial charge in [0.05, 0.1) is 13.2 Å². The highest BCUT2D eigenvalue weighted by molar-refractivity contribution is 5.84. The number of carboxylic acids is 1. The van der Waals surface area contributed by atoms with Gasteiger partial charge in [0.15, 0.2) is 12.6 Å². The monoisotopic (exact) mass is 265 g/mol. The highest BCUT2D eigenvalue weighted by Gasteiger charge is 2.32. The summed E-state index contributed by atoms with van der Waals surface area (Å²) in [6, 6.07) is 7.99. The van der Waals surface area contributed by atoms with E-state index in [0.29, 0.717) is 12.4 Å². The smallest absolute Gasteiger partial charge is 0.328 e. The first-order valence-electron chi connectivity index (χ1n) is 5.96. The third-order valence-electron chi connectivity index (χ3n) is 2.84. The van der Waals surface area contributed by atoms with E-state index in [1.54, 1.807) is 24.3 Å². The lowest BCUT2D eigenvalue weighted by atomic mass is 10.2. The third kappa shape index (κ3) is 3.45. The van der Waals surface area contributed by atoms with Crippen LogP contribution in [0.3, 0.4) is 0 Å². The molecule has 1 N–H and O–H groups in total. The van der Waals surface area contributed by atoms with Crippen molar-refractivity contribution in [1.82, 2.24) is 4.90 Å². The van der Waals surface area contributed by atoms with Crippen LogP contribution in [0.1, 0.15) is 0 Å². The average molecular weight is 265 g/mol. The Morgan fingerprint density at radius 3 is 2.79 bits per heavy atom. The van der Waals surface area contributed by atoms with E-state index in [0.717, 1.165) is 0 Å². The molecule has 1 aliphatic heterocycles.